The van der Waals surface area contributed by atoms with Gasteiger partial charge in [-0.25, -0.2) is 9.97 Å². The summed E-state index contributed by atoms with van der Waals surface area (Å²) in [7, 11) is 0. The van der Waals surface area contributed by atoms with Gasteiger partial charge in [-0.2, -0.15) is 0 Å². The van der Waals surface area contributed by atoms with E-state index in [9.17, 15) is 4.79 Å². The number of hydrogen-bond donors (Lipinski definition) is 1. The largest absolute Gasteiger partial charge is 0.352 e. The van der Waals surface area contributed by atoms with E-state index in [-0.39, 0.29) is 5.91 Å². The predicted octanol–water partition coefficient (Wildman–Crippen LogP) is 5.12. The van der Waals surface area contributed by atoms with Gasteiger partial charge in [-0.3, -0.25) is 4.79 Å². The zero-order valence-corrected chi connectivity index (χ0v) is 19.0. The van der Waals surface area contributed by atoms with Gasteiger partial charge in [0.25, 0.3) is 5.91 Å². The fraction of sp³-hybridized carbons (Fsp3) is 0.148. The van der Waals surface area contributed by atoms with Gasteiger partial charge in [0, 0.05) is 36.9 Å². The molecular formula is C27H24N4OS. The first-order chi connectivity index (χ1) is 16.3. The Morgan fingerprint density at radius 1 is 0.909 bits per heavy atom. The van der Waals surface area contributed by atoms with Crippen LogP contribution in [0.25, 0.3) is 0 Å². The maximum atomic E-state index is 12.9. The highest BCUT2D eigenvalue weighted by molar-refractivity contribution is 7.99. The molecule has 0 radical (unpaired) electrons. The van der Waals surface area contributed by atoms with Crippen LogP contribution in [0.1, 0.15) is 27.0 Å². The molecule has 0 unspecified atom stereocenters. The van der Waals surface area contributed by atoms with E-state index in [4.69, 9.17) is 0 Å². The van der Waals surface area contributed by atoms with E-state index in [1.54, 1.807) is 12.3 Å². The Kier molecular flexibility index (Phi) is 6.35. The summed E-state index contributed by atoms with van der Waals surface area (Å²) in [6, 6.07) is 26.2. The maximum Gasteiger partial charge on any atom is 0.254 e. The molecule has 4 aromatic rings. The first-order valence-corrected chi connectivity index (χ1v) is 11.8. The lowest BCUT2D eigenvalue weighted by Crippen LogP contribution is -2.31. The van der Waals surface area contributed by atoms with Gasteiger partial charge in [0.05, 0.1) is 5.56 Å². The van der Waals surface area contributed by atoms with E-state index < -0.39 is 0 Å². The van der Waals surface area contributed by atoms with Gasteiger partial charge < -0.3 is 10.2 Å². The molecule has 0 saturated carbocycles. The molecule has 0 saturated heterocycles. The van der Waals surface area contributed by atoms with Crippen LogP contribution < -0.4 is 10.2 Å². The topological polar surface area (TPSA) is 58.1 Å². The molecule has 1 N–H and O–H groups in total. The van der Waals surface area contributed by atoms with Crippen molar-refractivity contribution in [1.82, 2.24) is 15.3 Å². The number of carbonyl (C=O) groups is 1. The van der Waals surface area contributed by atoms with Crippen molar-refractivity contribution in [2.24, 2.45) is 0 Å². The van der Waals surface area contributed by atoms with Crippen molar-refractivity contribution in [3.05, 3.63) is 114 Å². The SMILES string of the molecule is O=C(NCc1ccc(N2CCc3ccccc3C2)nc1)c1cccnc1Sc1ccccc1. The van der Waals surface area contributed by atoms with Gasteiger partial charge in [-0.05, 0) is 53.4 Å². The zero-order valence-electron chi connectivity index (χ0n) is 18.1. The van der Waals surface area contributed by atoms with Gasteiger partial charge in [-0.1, -0.05) is 60.3 Å². The van der Waals surface area contributed by atoms with Gasteiger partial charge in [0.15, 0.2) is 0 Å². The first kappa shape index (κ1) is 21.2. The average molecular weight is 453 g/mol. The van der Waals surface area contributed by atoms with Gasteiger partial charge in [0.2, 0.25) is 0 Å². The molecular weight excluding hydrogens is 428 g/mol. The Hall–Kier alpha value is -3.64. The molecule has 0 aliphatic carbocycles. The molecule has 1 aliphatic heterocycles. The molecule has 1 amide bonds. The third-order valence-electron chi connectivity index (χ3n) is 5.69. The molecule has 0 bridgehead atoms. The second-order valence-corrected chi connectivity index (χ2v) is 8.98. The van der Waals surface area contributed by atoms with Gasteiger partial charge in [0.1, 0.15) is 10.8 Å². The monoisotopic (exact) mass is 452 g/mol. The van der Waals surface area contributed by atoms with Gasteiger partial charge in [-0.15, -0.1) is 0 Å². The molecule has 164 valence electrons. The standard InChI is InChI=1S/C27H24N4OS/c32-26(24-11-6-15-28-27(24)33-23-9-2-1-3-10-23)30-18-20-12-13-25(29-17-20)31-16-14-21-7-4-5-8-22(21)19-31/h1-13,15,17H,14,16,18-19H2,(H,30,32). The highest BCUT2D eigenvalue weighted by Crippen LogP contribution is 2.28. The summed E-state index contributed by atoms with van der Waals surface area (Å²) in [6.45, 7) is 2.25. The molecule has 0 spiro atoms. The Morgan fingerprint density at radius 3 is 2.55 bits per heavy atom. The average Bonchev–Trinajstić information content (AvgIpc) is 2.88. The van der Waals surface area contributed by atoms with Crippen LogP contribution in [-0.4, -0.2) is 22.4 Å². The molecule has 1 aliphatic rings. The Morgan fingerprint density at radius 2 is 1.73 bits per heavy atom. The van der Waals surface area contributed by atoms with E-state index in [2.05, 4.69) is 44.5 Å². The summed E-state index contributed by atoms with van der Waals surface area (Å²) in [4.78, 5) is 25.3. The first-order valence-electron chi connectivity index (χ1n) is 11.0. The quantitative estimate of drug-likeness (QED) is 0.440. The lowest BCUT2D eigenvalue weighted by Gasteiger charge is -2.29. The van der Waals surface area contributed by atoms with Crippen molar-refractivity contribution in [2.45, 2.75) is 29.4 Å². The number of nitrogens with zero attached hydrogens (tertiary/aromatic N) is 3. The van der Waals surface area contributed by atoms with Crippen LogP contribution in [-0.2, 0) is 19.5 Å². The molecule has 33 heavy (non-hydrogen) atoms. The minimum atomic E-state index is -0.141. The Labute approximate surface area is 197 Å². The van der Waals surface area contributed by atoms with E-state index in [1.807, 2.05) is 54.7 Å². The summed E-state index contributed by atoms with van der Waals surface area (Å²) in [5.74, 6) is 0.826. The van der Waals surface area contributed by atoms with Crippen LogP contribution in [0, 0.1) is 0 Å². The Balaban J connectivity index is 1.21. The van der Waals surface area contributed by atoms with Crippen molar-refractivity contribution in [3.63, 3.8) is 0 Å². The van der Waals surface area contributed by atoms with Gasteiger partial charge >= 0.3 is 0 Å². The van der Waals surface area contributed by atoms with Crippen LogP contribution in [0.4, 0.5) is 5.82 Å². The third-order valence-corrected chi connectivity index (χ3v) is 6.72. The summed E-state index contributed by atoms with van der Waals surface area (Å²) in [5.41, 5.74) is 4.32. The number of pyridine rings is 2. The number of amides is 1. The van der Waals surface area contributed by atoms with Crippen LogP contribution >= 0.6 is 11.8 Å². The van der Waals surface area contributed by atoms with Crippen molar-refractivity contribution in [1.29, 1.82) is 0 Å². The summed E-state index contributed by atoms with van der Waals surface area (Å²) >= 11 is 1.49. The number of benzene rings is 2. The lowest BCUT2D eigenvalue weighted by atomic mass is 10.00. The molecule has 0 fully saturated rings. The van der Waals surface area contributed by atoms with Crippen LogP contribution in [0.5, 0.6) is 0 Å². The minimum absolute atomic E-state index is 0.141. The second kappa shape index (κ2) is 9.88. The molecule has 5 rings (SSSR count). The third kappa shape index (κ3) is 5.07. The number of hydrogen-bond acceptors (Lipinski definition) is 5. The fourth-order valence-electron chi connectivity index (χ4n) is 3.92. The normalized spacial score (nSPS) is 12.8. The number of anilines is 1. The van der Waals surface area contributed by atoms with Crippen molar-refractivity contribution >= 4 is 23.5 Å². The fourth-order valence-corrected chi connectivity index (χ4v) is 4.82. The maximum absolute atomic E-state index is 12.9. The van der Waals surface area contributed by atoms with Crippen LogP contribution in [0.2, 0.25) is 0 Å². The Bertz CT molecular complexity index is 1240. The van der Waals surface area contributed by atoms with Crippen LogP contribution in [0.3, 0.4) is 0 Å². The second-order valence-electron chi connectivity index (χ2n) is 7.92. The highest BCUT2D eigenvalue weighted by atomic mass is 32.2. The number of nitrogens with one attached hydrogen (secondary N) is 1. The zero-order chi connectivity index (χ0) is 22.5. The number of carbonyl (C=O) groups excluding carboxylic acids is 1. The van der Waals surface area contributed by atoms with E-state index >= 15 is 0 Å². The number of aromatic nitrogens is 2. The predicted molar refractivity (Wildman–Crippen MR) is 131 cm³/mol. The molecule has 6 heteroatoms. The van der Waals surface area contributed by atoms with Crippen molar-refractivity contribution < 1.29 is 4.79 Å². The van der Waals surface area contributed by atoms with E-state index in [0.717, 1.165) is 35.8 Å². The summed E-state index contributed by atoms with van der Waals surface area (Å²) < 4.78 is 0. The number of rotatable bonds is 6. The summed E-state index contributed by atoms with van der Waals surface area (Å²) in [5, 5.41) is 3.70. The number of fused-ring (bicyclic) bond motifs is 1. The van der Waals surface area contributed by atoms with Crippen LogP contribution in [0.15, 0.2) is 101 Å². The van der Waals surface area contributed by atoms with E-state index in [1.165, 1.54) is 22.9 Å². The lowest BCUT2D eigenvalue weighted by molar-refractivity contribution is 0.0947. The highest BCUT2D eigenvalue weighted by Gasteiger charge is 2.17. The van der Waals surface area contributed by atoms with E-state index in [0.29, 0.717) is 17.1 Å². The molecule has 3 heterocycles. The van der Waals surface area contributed by atoms with Crippen molar-refractivity contribution in [3.8, 4) is 0 Å². The minimum Gasteiger partial charge on any atom is -0.352 e. The molecule has 2 aromatic heterocycles. The molecule has 5 nitrogen and oxygen atoms in total. The molecule has 2 aromatic carbocycles. The van der Waals surface area contributed by atoms with Crippen molar-refractivity contribution in [2.75, 3.05) is 11.4 Å². The smallest absolute Gasteiger partial charge is 0.254 e. The molecule has 0 atom stereocenters. The summed E-state index contributed by atoms with van der Waals surface area (Å²) in [6.07, 6.45) is 4.59.